The lowest BCUT2D eigenvalue weighted by atomic mass is 10.0. The minimum absolute atomic E-state index is 0.550. The van der Waals surface area contributed by atoms with Crippen LogP contribution in [-0.4, -0.2) is 4.98 Å². The van der Waals surface area contributed by atoms with Gasteiger partial charge in [0, 0.05) is 45.2 Å². The molecule has 0 bridgehead atoms. The van der Waals surface area contributed by atoms with E-state index >= 15 is 0 Å². The number of anilines is 3. The molecule has 0 saturated heterocycles. The third kappa shape index (κ3) is 4.15. The fourth-order valence-electron chi connectivity index (χ4n) is 6.89. The molecule has 5 heteroatoms. The molecule has 3 heterocycles. The van der Waals surface area contributed by atoms with E-state index in [1.807, 2.05) is 78.9 Å². The summed E-state index contributed by atoms with van der Waals surface area (Å²) in [6.45, 7) is 0. The van der Waals surface area contributed by atoms with Crippen molar-refractivity contribution in [2.24, 2.45) is 0 Å². The summed E-state index contributed by atoms with van der Waals surface area (Å²) in [5, 5.41) is 4.12. The summed E-state index contributed by atoms with van der Waals surface area (Å²) < 4.78 is 19.4. The second kappa shape index (κ2) is 10.5. The van der Waals surface area contributed by atoms with E-state index in [0.717, 1.165) is 83.1 Å². The number of benzene rings is 7. The lowest BCUT2D eigenvalue weighted by Gasteiger charge is -2.27. The van der Waals surface area contributed by atoms with Crippen LogP contribution in [0.2, 0.25) is 0 Å². The molecular formula is C43H26N2O3. The summed E-state index contributed by atoms with van der Waals surface area (Å²) in [5.41, 5.74) is 10.5. The van der Waals surface area contributed by atoms with Crippen molar-refractivity contribution < 1.29 is 13.3 Å². The molecule has 0 unspecified atom stereocenters. The molecule has 0 atom stereocenters. The molecule has 226 valence electrons. The summed E-state index contributed by atoms with van der Waals surface area (Å²) in [5.74, 6) is 0.550. The van der Waals surface area contributed by atoms with Crippen LogP contribution in [-0.2, 0) is 0 Å². The summed E-state index contributed by atoms with van der Waals surface area (Å²) >= 11 is 0. The summed E-state index contributed by atoms with van der Waals surface area (Å²) in [6, 6.07) is 53.8. The third-order valence-corrected chi connectivity index (χ3v) is 9.08. The van der Waals surface area contributed by atoms with Gasteiger partial charge in [-0.1, -0.05) is 97.1 Å². The first kappa shape index (κ1) is 26.6. The van der Waals surface area contributed by atoms with Crippen molar-refractivity contribution in [3.8, 4) is 22.6 Å². The number of furan rings is 2. The fraction of sp³-hybridized carbons (Fsp3) is 0. The van der Waals surface area contributed by atoms with Gasteiger partial charge in [-0.2, -0.15) is 0 Å². The molecule has 0 amide bonds. The van der Waals surface area contributed by atoms with E-state index in [0.29, 0.717) is 11.5 Å². The zero-order chi connectivity index (χ0) is 31.6. The summed E-state index contributed by atoms with van der Waals surface area (Å²) in [6.07, 6.45) is 0. The molecule has 48 heavy (non-hydrogen) atoms. The van der Waals surface area contributed by atoms with Gasteiger partial charge in [0.05, 0.1) is 11.1 Å². The van der Waals surface area contributed by atoms with Crippen LogP contribution in [0.5, 0.6) is 0 Å². The Kier molecular flexibility index (Phi) is 5.81. The topological polar surface area (TPSA) is 55.6 Å². The highest BCUT2D eigenvalue weighted by molar-refractivity contribution is 6.20. The molecule has 0 saturated carbocycles. The lowest BCUT2D eigenvalue weighted by molar-refractivity contribution is 0.617. The number of aromatic nitrogens is 1. The maximum Gasteiger partial charge on any atom is 0.227 e. The minimum atomic E-state index is 0.550. The number of hydrogen-bond donors (Lipinski definition) is 0. The van der Waals surface area contributed by atoms with Crippen LogP contribution in [0.3, 0.4) is 0 Å². The van der Waals surface area contributed by atoms with E-state index in [1.165, 1.54) is 0 Å². The molecular weight excluding hydrogens is 592 g/mol. The van der Waals surface area contributed by atoms with Gasteiger partial charge in [-0.3, -0.25) is 0 Å². The molecule has 0 aliphatic heterocycles. The first-order valence-electron chi connectivity index (χ1n) is 16.0. The molecule has 0 aliphatic carbocycles. The largest absolute Gasteiger partial charge is 0.456 e. The SMILES string of the molecule is c1ccc(-c2cccc(N(c3ccc4c(c3)oc3ccccc34)c3c4nc(-c5ccccc5)oc4cc4oc5ccccc5c34)c2)cc1. The van der Waals surface area contributed by atoms with E-state index in [9.17, 15) is 0 Å². The Bertz CT molecular complexity index is 2790. The quantitative estimate of drug-likeness (QED) is 0.192. The molecule has 7 aromatic carbocycles. The Labute approximate surface area is 274 Å². The fourth-order valence-corrected chi connectivity index (χ4v) is 6.89. The maximum atomic E-state index is 6.51. The van der Waals surface area contributed by atoms with Gasteiger partial charge in [0.1, 0.15) is 27.8 Å². The summed E-state index contributed by atoms with van der Waals surface area (Å²) in [7, 11) is 0. The molecule has 0 spiro atoms. The minimum Gasteiger partial charge on any atom is -0.456 e. The zero-order valence-corrected chi connectivity index (χ0v) is 25.6. The van der Waals surface area contributed by atoms with Gasteiger partial charge in [-0.05, 0) is 59.7 Å². The number of hydrogen-bond acceptors (Lipinski definition) is 5. The molecule has 3 aromatic heterocycles. The van der Waals surface area contributed by atoms with Crippen molar-refractivity contribution in [1.29, 1.82) is 0 Å². The van der Waals surface area contributed by atoms with Crippen LogP contribution in [0.4, 0.5) is 17.1 Å². The highest BCUT2D eigenvalue weighted by Gasteiger charge is 2.27. The van der Waals surface area contributed by atoms with Crippen molar-refractivity contribution in [1.82, 2.24) is 4.98 Å². The van der Waals surface area contributed by atoms with Crippen LogP contribution in [0.15, 0.2) is 171 Å². The normalized spacial score (nSPS) is 11.8. The van der Waals surface area contributed by atoms with Crippen LogP contribution in [0, 0.1) is 0 Å². The predicted octanol–water partition coefficient (Wildman–Crippen LogP) is 12.4. The van der Waals surface area contributed by atoms with Crippen molar-refractivity contribution in [3.63, 3.8) is 0 Å². The van der Waals surface area contributed by atoms with Gasteiger partial charge < -0.3 is 18.2 Å². The van der Waals surface area contributed by atoms with Gasteiger partial charge in [-0.25, -0.2) is 4.98 Å². The maximum absolute atomic E-state index is 6.51. The van der Waals surface area contributed by atoms with Crippen molar-refractivity contribution in [3.05, 3.63) is 158 Å². The highest BCUT2D eigenvalue weighted by atomic mass is 16.4. The van der Waals surface area contributed by atoms with E-state index in [1.54, 1.807) is 0 Å². The molecule has 0 radical (unpaired) electrons. The monoisotopic (exact) mass is 618 g/mol. The van der Waals surface area contributed by atoms with Gasteiger partial charge in [0.2, 0.25) is 5.89 Å². The van der Waals surface area contributed by atoms with Crippen molar-refractivity contribution >= 4 is 72.0 Å². The first-order chi connectivity index (χ1) is 23.8. The van der Waals surface area contributed by atoms with Gasteiger partial charge >= 0.3 is 0 Å². The molecule has 0 fully saturated rings. The van der Waals surface area contributed by atoms with E-state index in [4.69, 9.17) is 18.2 Å². The Morgan fingerprint density at radius 1 is 0.396 bits per heavy atom. The van der Waals surface area contributed by atoms with Gasteiger partial charge in [-0.15, -0.1) is 0 Å². The molecule has 10 aromatic rings. The Morgan fingerprint density at radius 2 is 1.02 bits per heavy atom. The van der Waals surface area contributed by atoms with Gasteiger partial charge in [0.15, 0.2) is 5.58 Å². The lowest BCUT2D eigenvalue weighted by Crippen LogP contribution is -2.11. The van der Waals surface area contributed by atoms with E-state index < -0.39 is 0 Å². The van der Waals surface area contributed by atoms with Crippen LogP contribution < -0.4 is 4.90 Å². The number of rotatable bonds is 5. The molecule has 0 aliphatic rings. The predicted molar refractivity (Wildman–Crippen MR) is 194 cm³/mol. The summed E-state index contributed by atoms with van der Waals surface area (Å²) in [4.78, 5) is 7.46. The van der Waals surface area contributed by atoms with Crippen LogP contribution >= 0.6 is 0 Å². The number of para-hydroxylation sites is 2. The average molecular weight is 619 g/mol. The van der Waals surface area contributed by atoms with Gasteiger partial charge in [0.25, 0.3) is 0 Å². The second-order valence-electron chi connectivity index (χ2n) is 12.0. The highest BCUT2D eigenvalue weighted by Crippen LogP contribution is 2.48. The van der Waals surface area contributed by atoms with Crippen LogP contribution in [0.1, 0.15) is 0 Å². The molecule has 5 nitrogen and oxygen atoms in total. The first-order valence-corrected chi connectivity index (χ1v) is 16.0. The smallest absolute Gasteiger partial charge is 0.227 e. The van der Waals surface area contributed by atoms with Crippen molar-refractivity contribution in [2.45, 2.75) is 0 Å². The van der Waals surface area contributed by atoms with Crippen LogP contribution in [0.25, 0.3) is 77.6 Å². The van der Waals surface area contributed by atoms with E-state index in [-0.39, 0.29) is 0 Å². The van der Waals surface area contributed by atoms with Crippen molar-refractivity contribution in [2.75, 3.05) is 4.90 Å². The molecule has 0 N–H and O–H groups in total. The Balaban J connectivity index is 1.32. The average Bonchev–Trinajstić information content (AvgIpc) is 3.85. The Morgan fingerprint density at radius 3 is 1.83 bits per heavy atom. The standard InChI is InChI=1S/C43H26N2O3/c1-3-12-27(13-4-1)29-16-11-17-30(24-29)45(31-22-23-33-32-18-7-9-20-35(32)46-37(33)25-31)42-40-34-19-8-10-21-36(34)47-38(40)26-39-41(42)44-43(48-39)28-14-5-2-6-15-28/h1-26H. The number of fused-ring (bicyclic) bond motifs is 7. The zero-order valence-electron chi connectivity index (χ0n) is 25.6. The second-order valence-corrected chi connectivity index (χ2v) is 12.0. The Hall–Kier alpha value is -6.59. The third-order valence-electron chi connectivity index (χ3n) is 9.08. The van der Waals surface area contributed by atoms with E-state index in [2.05, 4.69) is 83.8 Å². The number of nitrogens with zero attached hydrogens (tertiary/aromatic N) is 2. The molecule has 10 rings (SSSR count). The number of oxazole rings is 1.